The summed E-state index contributed by atoms with van der Waals surface area (Å²) in [5.74, 6) is 0.0905. The molecule has 0 N–H and O–H groups in total. The van der Waals surface area contributed by atoms with Crippen LogP contribution in [0.1, 0.15) is 43.0 Å². The second kappa shape index (κ2) is 8.06. The Balaban J connectivity index is 1.54. The molecule has 0 aromatic heterocycles. The van der Waals surface area contributed by atoms with Gasteiger partial charge >= 0.3 is 0 Å². The Kier molecular flexibility index (Phi) is 5.15. The zero-order valence-corrected chi connectivity index (χ0v) is 16.3. The van der Waals surface area contributed by atoms with Gasteiger partial charge in [0, 0.05) is 5.56 Å². The van der Waals surface area contributed by atoms with Gasteiger partial charge in [-0.25, -0.2) is 0 Å². The maximum absolute atomic E-state index is 12.6. The van der Waals surface area contributed by atoms with Crippen LogP contribution in [0, 0.1) is 11.3 Å². The van der Waals surface area contributed by atoms with E-state index in [9.17, 15) is 9.59 Å². The highest BCUT2D eigenvalue weighted by Crippen LogP contribution is 2.27. The van der Waals surface area contributed by atoms with Crippen LogP contribution >= 0.6 is 0 Å². The number of amides is 2. The van der Waals surface area contributed by atoms with Crippen molar-refractivity contribution < 1.29 is 14.3 Å². The van der Waals surface area contributed by atoms with Crippen molar-refractivity contribution in [2.75, 3.05) is 7.11 Å². The van der Waals surface area contributed by atoms with Gasteiger partial charge in [-0.2, -0.15) is 5.26 Å². The van der Waals surface area contributed by atoms with Gasteiger partial charge in [0.05, 0.1) is 36.4 Å². The Morgan fingerprint density at radius 2 is 1.60 bits per heavy atom. The van der Waals surface area contributed by atoms with E-state index in [-0.39, 0.29) is 18.4 Å². The molecule has 0 atom stereocenters. The predicted octanol–water partition coefficient (Wildman–Crippen LogP) is 4.53. The number of nitriles is 1. The van der Waals surface area contributed by atoms with Crippen molar-refractivity contribution in [3.8, 4) is 11.8 Å². The summed E-state index contributed by atoms with van der Waals surface area (Å²) < 4.78 is 5.51. The van der Waals surface area contributed by atoms with E-state index in [1.807, 2.05) is 42.5 Å². The molecule has 1 aliphatic heterocycles. The minimum absolute atomic E-state index is 0.183. The lowest BCUT2D eigenvalue weighted by atomic mass is 10.1. The number of carbonyl (C=O) groups is 2. The molecule has 146 valence electrons. The molecule has 0 unspecified atom stereocenters. The summed E-state index contributed by atoms with van der Waals surface area (Å²) in [5, 5.41) is 8.89. The molecule has 0 saturated carbocycles. The van der Waals surface area contributed by atoms with Gasteiger partial charge < -0.3 is 4.74 Å². The molecular weight excluding hydrogens is 376 g/mol. The number of hydrogen-bond donors (Lipinski definition) is 0. The van der Waals surface area contributed by atoms with Gasteiger partial charge in [0.15, 0.2) is 0 Å². The summed E-state index contributed by atoms with van der Waals surface area (Å²) in [6.07, 6.45) is 3.86. The summed E-state index contributed by atoms with van der Waals surface area (Å²) in [6.45, 7) is 0.183. The number of methoxy groups -OCH3 is 1. The fourth-order valence-electron chi connectivity index (χ4n) is 3.41. The number of hydrogen-bond acceptors (Lipinski definition) is 4. The first kappa shape index (κ1) is 19.2. The minimum atomic E-state index is -0.278. The fraction of sp³-hybridized carbons (Fsp3) is 0.0800. The lowest BCUT2D eigenvalue weighted by Crippen LogP contribution is -2.29. The van der Waals surface area contributed by atoms with E-state index in [0.717, 1.165) is 16.7 Å². The van der Waals surface area contributed by atoms with Gasteiger partial charge in [-0.1, -0.05) is 48.6 Å². The van der Waals surface area contributed by atoms with Crippen molar-refractivity contribution in [1.82, 2.24) is 4.90 Å². The normalized spacial score (nSPS) is 12.9. The molecule has 0 radical (unpaired) electrons. The van der Waals surface area contributed by atoms with Crippen LogP contribution in [0.3, 0.4) is 0 Å². The summed E-state index contributed by atoms with van der Waals surface area (Å²) in [5.41, 5.74) is 4.13. The van der Waals surface area contributed by atoms with Crippen molar-refractivity contribution in [3.05, 3.63) is 100 Å². The zero-order valence-electron chi connectivity index (χ0n) is 16.3. The first-order valence-corrected chi connectivity index (χ1v) is 9.41. The topological polar surface area (TPSA) is 70.4 Å². The van der Waals surface area contributed by atoms with E-state index in [4.69, 9.17) is 10.00 Å². The molecule has 5 heteroatoms. The predicted molar refractivity (Wildman–Crippen MR) is 114 cm³/mol. The number of rotatable bonds is 5. The molecule has 0 aliphatic carbocycles. The van der Waals surface area contributed by atoms with E-state index in [2.05, 4.69) is 6.07 Å². The van der Waals surface area contributed by atoms with Crippen molar-refractivity contribution in [2.24, 2.45) is 0 Å². The Morgan fingerprint density at radius 1 is 0.933 bits per heavy atom. The number of ether oxygens (including phenoxy) is 1. The summed E-state index contributed by atoms with van der Waals surface area (Å²) in [4.78, 5) is 26.4. The van der Waals surface area contributed by atoms with Crippen LogP contribution in [-0.4, -0.2) is 23.8 Å². The largest absolute Gasteiger partial charge is 0.496 e. The van der Waals surface area contributed by atoms with E-state index in [1.165, 1.54) is 4.90 Å². The Bertz CT molecular complexity index is 1170. The Hall–Kier alpha value is -4.17. The smallest absolute Gasteiger partial charge is 0.261 e. The molecule has 1 heterocycles. The Morgan fingerprint density at radius 3 is 2.20 bits per heavy atom. The van der Waals surface area contributed by atoms with E-state index in [0.29, 0.717) is 22.4 Å². The summed E-state index contributed by atoms with van der Waals surface area (Å²) >= 11 is 0. The first-order valence-electron chi connectivity index (χ1n) is 9.41. The molecule has 0 bridgehead atoms. The van der Waals surface area contributed by atoms with Crippen LogP contribution in [0.2, 0.25) is 0 Å². The highest BCUT2D eigenvalue weighted by molar-refractivity contribution is 6.21. The van der Waals surface area contributed by atoms with Gasteiger partial charge in [-0.3, -0.25) is 14.5 Å². The third-order valence-corrected chi connectivity index (χ3v) is 5.01. The minimum Gasteiger partial charge on any atom is -0.496 e. The number of carbonyl (C=O) groups excluding carboxylic acids is 2. The molecule has 30 heavy (non-hydrogen) atoms. The van der Waals surface area contributed by atoms with Crippen LogP contribution in [0.25, 0.3) is 12.2 Å². The average Bonchev–Trinajstić information content (AvgIpc) is 3.03. The summed E-state index contributed by atoms with van der Waals surface area (Å²) in [7, 11) is 1.58. The quantitative estimate of drug-likeness (QED) is 0.471. The molecule has 3 aromatic carbocycles. The number of imide groups is 1. The SMILES string of the molecule is COc1cc(CN2C(=O)c3ccccc3C2=O)ccc1/C=C/c1ccc(C#N)cc1. The molecular formula is C25H18N2O3. The molecule has 0 spiro atoms. The van der Waals surface area contributed by atoms with Crippen LogP contribution < -0.4 is 4.74 Å². The molecule has 0 saturated heterocycles. The monoisotopic (exact) mass is 394 g/mol. The fourth-order valence-corrected chi connectivity index (χ4v) is 3.41. The van der Waals surface area contributed by atoms with Gasteiger partial charge in [-0.05, 0) is 41.5 Å². The lowest BCUT2D eigenvalue weighted by Gasteiger charge is -2.15. The first-order chi connectivity index (χ1) is 14.6. The molecule has 2 amide bonds. The molecule has 3 aromatic rings. The van der Waals surface area contributed by atoms with Crippen molar-refractivity contribution >= 4 is 24.0 Å². The van der Waals surface area contributed by atoms with Crippen LogP contribution in [0.4, 0.5) is 0 Å². The van der Waals surface area contributed by atoms with Gasteiger partial charge in [0.1, 0.15) is 5.75 Å². The highest BCUT2D eigenvalue weighted by atomic mass is 16.5. The Labute approximate surface area is 174 Å². The summed E-state index contributed by atoms with van der Waals surface area (Å²) in [6, 6.07) is 21.8. The van der Waals surface area contributed by atoms with E-state index in [1.54, 1.807) is 43.5 Å². The molecule has 4 rings (SSSR count). The van der Waals surface area contributed by atoms with Crippen LogP contribution in [-0.2, 0) is 6.54 Å². The number of nitrogens with zero attached hydrogens (tertiary/aromatic N) is 2. The van der Waals surface area contributed by atoms with Crippen molar-refractivity contribution in [1.29, 1.82) is 5.26 Å². The second-order valence-corrected chi connectivity index (χ2v) is 6.89. The van der Waals surface area contributed by atoms with Crippen LogP contribution in [0.5, 0.6) is 5.75 Å². The maximum Gasteiger partial charge on any atom is 0.261 e. The molecule has 0 fully saturated rings. The highest BCUT2D eigenvalue weighted by Gasteiger charge is 2.34. The molecule has 1 aliphatic rings. The maximum atomic E-state index is 12.6. The second-order valence-electron chi connectivity index (χ2n) is 6.89. The lowest BCUT2D eigenvalue weighted by molar-refractivity contribution is 0.0642. The van der Waals surface area contributed by atoms with Crippen molar-refractivity contribution in [2.45, 2.75) is 6.54 Å². The third kappa shape index (κ3) is 3.59. The number of benzene rings is 3. The number of fused-ring (bicyclic) bond motifs is 1. The zero-order chi connectivity index (χ0) is 21.1. The van der Waals surface area contributed by atoms with E-state index >= 15 is 0 Å². The van der Waals surface area contributed by atoms with Gasteiger partial charge in [0.2, 0.25) is 0 Å². The molecule has 5 nitrogen and oxygen atoms in total. The van der Waals surface area contributed by atoms with Crippen LogP contribution in [0.15, 0.2) is 66.7 Å². The standard InChI is InChI=1S/C25H18N2O3/c1-30-23-14-19(16-27-24(28)21-4-2-3-5-22(21)25(27)29)11-13-20(23)12-10-17-6-8-18(15-26)9-7-17/h2-14H,16H2,1H3/b12-10+. The van der Waals surface area contributed by atoms with Gasteiger partial charge in [-0.15, -0.1) is 0 Å². The third-order valence-electron chi connectivity index (χ3n) is 5.01. The average molecular weight is 394 g/mol. The van der Waals surface area contributed by atoms with E-state index < -0.39 is 0 Å². The van der Waals surface area contributed by atoms with Crippen molar-refractivity contribution in [3.63, 3.8) is 0 Å². The van der Waals surface area contributed by atoms with Gasteiger partial charge in [0.25, 0.3) is 11.8 Å².